The molecule has 0 heterocycles. The second-order valence-corrected chi connectivity index (χ2v) is 25.4. The van der Waals surface area contributed by atoms with Crippen molar-refractivity contribution in [3.05, 3.63) is 348 Å². The number of thiol groups is 5. The summed E-state index contributed by atoms with van der Waals surface area (Å²) in [5, 5.41) is 2.10. The van der Waals surface area contributed by atoms with E-state index in [2.05, 4.69) is 108 Å². The van der Waals surface area contributed by atoms with E-state index in [9.17, 15) is 14.4 Å². The first-order valence-corrected chi connectivity index (χ1v) is 38.0. The molecule has 0 spiro atoms. The molecule has 95 heavy (non-hydrogen) atoms. The minimum absolute atomic E-state index is 0.0824. The molecule has 0 aliphatic heterocycles. The van der Waals surface area contributed by atoms with Crippen molar-refractivity contribution in [3.8, 4) is 0 Å². The third-order valence-electron chi connectivity index (χ3n) is 11.3. The van der Waals surface area contributed by atoms with Gasteiger partial charge in [0.1, 0.15) is 0 Å². The highest BCUT2D eigenvalue weighted by atomic mass is 79.9. The Bertz CT molecular complexity index is 3360. The average molecular weight is 1540 g/mol. The summed E-state index contributed by atoms with van der Waals surface area (Å²) in [4.78, 5) is 44.2. The zero-order chi connectivity index (χ0) is 70.7. The quantitative estimate of drug-likeness (QED) is 0.0594. The molecule has 0 aromatic heterocycles. The lowest BCUT2D eigenvalue weighted by atomic mass is 10.2. The molecule has 0 amide bonds. The topological polar surface area (TPSA) is 51.2 Å². The van der Waals surface area contributed by atoms with Crippen molar-refractivity contribution < 1.29 is 14.4 Å². The number of hydrogen-bond acceptors (Lipinski definition) is 11. The van der Waals surface area contributed by atoms with Crippen LogP contribution >= 0.6 is 130 Å². The molecule has 0 atom stereocenters. The molecule has 0 radical (unpaired) electrons. The van der Waals surface area contributed by atoms with E-state index in [4.69, 9.17) is 0 Å². The zero-order valence-electron chi connectivity index (χ0n) is 56.0. The first-order valence-electron chi connectivity index (χ1n) is 31.0. The van der Waals surface area contributed by atoms with Gasteiger partial charge in [-0.05, 0) is 151 Å². The third kappa shape index (κ3) is 43.9. The van der Waals surface area contributed by atoms with E-state index < -0.39 is 0 Å². The summed E-state index contributed by atoms with van der Waals surface area (Å²) in [5.74, 6) is 0. The summed E-state index contributed by atoms with van der Waals surface area (Å²) in [7, 11) is 0. The van der Waals surface area contributed by atoms with Gasteiger partial charge in [-0.25, -0.2) is 0 Å². The maximum absolute atomic E-state index is 12.0. The molecule has 11 aromatic carbocycles. The van der Waals surface area contributed by atoms with Crippen molar-refractivity contribution in [2.24, 2.45) is 0 Å². The molecule has 0 bridgehead atoms. The fraction of sp³-hybridized carbons (Fsp3) is 0.159. The molecule has 3 nitrogen and oxygen atoms in total. The van der Waals surface area contributed by atoms with Crippen LogP contribution in [0.5, 0.6) is 0 Å². The Hall–Kier alpha value is -5.81. The molecular formula is C82H92Br2O3S8. The van der Waals surface area contributed by atoms with E-state index in [1.807, 2.05) is 366 Å². The Morgan fingerprint density at radius 1 is 0.295 bits per heavy atom. The summed E-state index contributed by atoms with van der Waals surface area (Å²) in [6, 6.07) is 99.2. The highest BCUT2D eigenvalue weighted by Crippen LogP contribution is 2.29. The number of hydrogen-bond donors (Lipinski definition) is 5. The maximum Gasteiger partial charge on any atom is 0.224 e. The minimum atomic E-state index is 0.0824. The molecule has 13 heteroatoms. The smallest absolute Gasteiger partial charge is 0.224 e. The van der Waals surface area contributed by atoms with Gasteiger partial charge in [0.2, 0.25) is 15.3 Å². The Labute approximate surface area is 627 Å². The molecule has 500 valence electrons. The van der Waals surface area contributed by atoms with Crippen molar-refractivity contribution >= 4 is 146 Å². The number of benzene rings is 11. The Morgan fingerprint density at radius 3 is 0.758 bits per heavy atom. The Kier molecular flexibility index (Phi) is 56.9. The van der Waals surface area contributed by atoms with Crippen molar-refractivity contribution in [3.63, 3.8) is 0 Å². The summed E-state index contributed by atoms with van der Waals surface area (Å²) in [5.41, 5.74) is 6.97. The van der Waals surface area contributed by atoms with Crippen LogP contribution < -0.4 is 0 Å². The molecule has 0 aliphatic rings. The van der Waals surface area contributed by atoms with Gasteiger partial charge in [-0.2, -0.15) is 0 Å². The second-order valence-electron chi connectivity index (χ2n) is 18.1. The lowest BCUT2D eigenvalue weighted by molar-refractivity contribution is 0.108. The van der Waals surface area contributed by atoms with Crippen LogP contribution in [-0.4, -0.2) is 20.7 Å². The van der Waals surface area contributed by atoms with Crippen LogP contribution in [-0.2, 0) is 11.8 Å². The largest absolute Gasteiger partial charge is 0.281 e. The zero-order valence-corrected chi connectivity index (χ0v) is 66.1. The highest BCUT2D eigenvalue weighted by Gasteiger charge is 2.12. The van der Waals surface area contributed by atoms with Gasteiger partial charge in [0, 0.05) is 66.5 Å². The van der Waals surface area contributed by atoms with Crippen LogP contribution in [0, 0.1) is 13.8 Å². The summed E-state index contributed by atoms with van der Waals surface area (Å²) in [6.07, 6.45) is 0.950. The van der Waals surface area contributed by atoms with Crippen LogP contribution in [0.15, 0.2) is 349 Å². The van der Waals surface area contributed by atoms with Gasteiger partial charge in [0.25, 0.3) is 0 Å². The maximum atomic E-state index is 12.0. The Balaban J connectivity index is 0.00000107. The van der Waals surface area contributed by atoms with Crippen molar-refractivity contribution in [2.45, 2.75) is 120 Å². The monoisotopic (exact) mass is 1540 g/mol. The van der Waals surface area contributed by atoms with Crippen molar-refractivity contribution in [2.75, 3.05) is 5.33 Å². The fourth-order valence-electron chi connectivity index (χ4n) is 6.75. The Morgan fingerprint density at radius 2 is 0.516 bits per heavy atom. The second kappa shape index (κ2) is 60.6. The normalized spacial score (nSPS) is 9.06. The summed E-state index contributed by atoms with van der Waals surface area (Å²) >= 11 is 31.0. The number of rotatable bonds is 8. The van der Waals surface area contributed by atoms with E-state index in [0.717, 1.165) is 84.1 Å². The molecule has 0 aliphatic carbocycles. The predicted octanol–water partition coefficient (Wildman–Crippen LogP) is 27.3. The number of alkyl halides is 2. The fourth-order valence-corrected chi connectivity index (χ4v) is 10.9. The van der Waals surface area contributed by atoms with Gasteiger partial charge in [0.15, 0.2) is 0 Å². The molecule has 0 unspecified atom stereocenters. The number of thioether (sulfide) groups is 3. The molecule has 11 rings (SSSR count). The van der Waals surface area contributed by atoms with Crippen molar-refractivity contribution in [1.82, 2.24) is 0 Å². The molecular weight excluding hydrogens is 1450 g/mol. The predicted molar refractivity (Wildman–Crippen MR) is 443 cm³/mol. The highest BCUT2D eigenvalue weighted by molar-refractivity contribution is 9.09. The van der Waals surface area contributed by atoms with E-state index in [0.29, 0.717) is 0 Å². The lowest BCUT2D eigenvalue weighted by Crippen LogP contribution is -1.94. The summed E-state index contributed by atoms with van der Waals surface area (Å²) < 4.78 is 0. The van der Waals surface area contributed by atoms with Gasteiger partial charge in [-0.1, -0.05) is 324 Å². The van der Waals surface area contributed by atoms with Gasteiger partial charge < -0.3 is 0 Å². The van der Waals surface area contributed by atoms with Crippen LogP contribution in [0.2, 0.25) is 0 Å². The first-order chi connectivity index (χ1) is 46.2. The number of halogens is 2. The van der Waals surface area contributed by atoms with Crippen LogP contribution in [0.1, 0.15) is 109 Å². The standard InChI is InChI=1S/C15H14OS.C14H11BrOS.C14H12OS.C7H8S.4C6H6S.C2H5Br.3C2H6/c1-2-12-8-6-7-11-14(12)17-15(16)13-9-4-3-5-10-13;15-10-12-8-4-5-9-13(12)17-14(16)11-6-2-1-3-7-11;1-11-7-5-6-10-13(11)16-14(15)12-8-3-2-4-9-12;1-6-4-2-3-5-7(6)8;4*7-6-4-2-1-3-5-6;1-2-3;3*1-2/h3-11H,2H2,1H3;1-9H,10H2;2-10H,1H3;2-5,8H,1H3;4*1-5,7H;2H2,1H3;3*1-2H3. The first kappa shape index (κ1) is 89.2. The van der Waals surface area contributed by atoms with E-state index in [-0.39, 0.29) is 15.3 Å². The van der Waals surface area contributed by atoms with Gasteiger partial charge in [-0.15, -0.1) is 63.1 Å². The van der Waals surface area contributed by atoms with Crippen LogP contribution in [0.25, 0.3) is 0 Å². The minimum Gasteiger partial charge on any atom is -0.281 e. The lowest BCUT2D eigenvalue weighted by Gasteiger charge is -2.05. The van der Waals surface area contributed by atoms with E-state index >= 15 is 0 Å². The third-order valence-corrected chi connectivity index (χ3v) is 16.8. The number of carbonyl (C=O) groups excluding carboxylic acids is 3. The van der Waals surface area contributed by atoms with Gasteiger partial charge in [0.05, 0.1) is 0 Å². The molecule has 0 saturated carbocycles. The van der Waals surface area contributed by atoms with Gasteiger partial charge in [-0.3, -0.25) is 14.4 Å². The van der Waals surface area contributed by atoms with E-state index in [1.54, 1.807) is 0 Å². The van der Waals surface area contributed by atoms with Crippen molar-refractivity contribution in [1.29, 1.82) is 0 Å². The molecule has 11 aromatic rings. The molecule has 0 saturated heterocycles. The number of aryl methyl sites for hydroxylation is 3. The molecule has 0 fully saturated rings. The SMILES string of the molecule is CC.CC.CC.CCBr.CCc1ccccc1SC(=O)c1ccccc1.Cc1ccccc1S.Cc1ccccc1SC(=O)c1ccccc1.O=C(Sc1ccccc1CBr)c1ccccc1.Sc1ccccc1.Sc1ccccc1.Sc1ccccc1.Sc1ccccc1. The van der Waals surface area contributed by atoms with Gasteiger partial charge >= 0.3 is 0 Å². The van der Waals surface area contributed by atoms with Crippen LogP contribution in [0.4, 0.5) is 0 Å². The summed E-state index contributed by atoms with van der Waals surface area (Å²) in [6.45, 7) is 20.2. The number of carbonyl (C=O) groups is 3. The molecule has 0 N–H and O–H groups in total. The average Bonchev–Trinajstić information content (AvgIpc) is 1.20. The van der Waals surface area contributed by atoms with E-state index in [1.165, 1.54) is 46.4 Å². The van der Waals surface area contributed by atoms with Crippen LogP contribution in [0.3, 0.4) is 0 Å².